The Balaban J connectivity index is 1.23. The number of carbonyl (C=O) groups excluding carboxylic acids is 3. The zero-order valence-corrected chi connectivity index (χ0v) is 19.1. The third kappa shape index (κ3) is 4.26. The second kappa shape index (κ2) is 8.85. The summed E-state index contributed by atoms with van der Waals surface area (Å²) in [5.74, 6) is 1.34. The fourth-order valence-electron chi connectivity index (χ4n) is 5.44. The van der Waals surface area contributed by atoms with E-state index in [0.29, 0.717) is 32.0 Å². The van der Waals surface area contributed by atoms with Crippen molar-refractivity contribution in [3.8, 4) is 11.5 Å². The van der Waals surface area contributed by atoms with Crippen LogP contribution in [0.3, 0.4) is 0 Å². The first-order valence-electron chi connectivity index (χ1n) is 12.0. The van der Waals surface area contributed by atoms with Crippen LogP contribution in [0.25, 0.3) is 0 Å². The smallest absolute Gasteiger partial charge is 0.344 e. The van der Waals surface area contributed by atoms with Crippen molar-refractivity contribution in [1.82, 2.24) is 20.7 Å². The molecule has 1 aliphatic carbocycles. The van der Waals surface area contributed by atoms with Crippen LogP contribution in [0.2, 0.25) is 0 Å². The number of amides is 4. The third-order valence-corrected chi connectivity index (χ3v) is 7.39. The average molecular weight is 457 g/mol. The van der Waals surface area contributed by atoms with E-state index in [1.165, 1.54) is 0 Å². The summed E-state index contributed by atoms with van der Waals surface area (Å²) in [6.07, 6.45) is 5.75. The Bertz CT molecular complexity index is 943. The van der Waals surface area contributed by atoms with Crippen LogP contribution in [0.4, 0.5) is 4.79 Å². The maximum absolute atomic E-state index is 13.0. The van der Waals surface area contributed by atoms with E-state index in [2.05, 4.69) is 22.6 Å². The highest BCUT2D eigenvalue weighted by Crippen LogP contribution is 2.38. The molecule has 3 aliphatic heterocycles. The van der Waals surface area contributed by atoms with Gasteiger partial charge in [0.15, 0.2) is 11.5 Å². The largest absolute Gasteiger partial charge is 0.490 e. The SMILES string of the molecule is CC1CCC2(CC1)NC(=O)N(NC(=O)CN1CCC[C@H]1c1ccc3c(c1)OCCCO3)C2=O. The predicted molar refractivity (Wildman–Crippen MR) is 119 cm³/mol. The monoisotopic (exact) mass is 456 g/mol. The van der Waals surface area contributed by atoms with E-state index in [1.807, 2.05) is 18.2 Å². The molecule has 178 valence electrons. The van der Waals surface area contributed by atoms with Gasteiger partial charge < -0.3 is 14.8 Å². The van der Waals surface area contributed by atoms with E-state index in [1.54, 1.807) is 0 Å². The Morgan fingerprint density at radius 1 is 1.12 bits per heavy atom. The lowest BCUT2D eigenvalue weighted by Gasteiger charge is -2.33. The Morgan fingerprint density at radius 2 is 1.88 bits per heavy atom. The first-order valence-corrected chi connectivity index (χ1v) is 12.0. The molecule has 1 saturated carbocycles. The number of benzene rings is 1. The van der Waals surface area contributed by atoms with Crippen molar-refractivity contribution in [2.24, 2.45) is 5.92 Å². The zero-order chi connectivity index (χ0) is 23.0. The molecule has 33 heavy (non-hydrogen) atoms. The minimum atomic E-state index is -0.864. The first kappa shape index (κ1) is 22.0. The van der Waals surface area contributed by atoms with Crippen molar-refractivity contribution < 1.29 is 23.9 Å². The molecule has 9 heteroatoms. The van der Waals surface area contributed by atoms with Gasteiger partial charge in [-0.05, 0) is 68.7 Å². The quantitative estimate of drug-likeness (QED) is 0.676. The lowest BCUT2D eigenvalue weighted by atomic mass is 9.77. The number of carbonyl (C=O) groups is 3. The summed E-state index contributed by atoms with van der Waals surface area (Å²) in [6.45, 7) is 4.31. The molecular formula is C24H32N4O5. The predicted octanol–water partition coefficient (Wildman–Crippen LogP) is 2.52. The minimum Gasteiger partial charge on any atom is -0.490 e. The topological polar surface area (TPSA) is 100 Å². The number of nitrogens with one attached hydrogen (secondary N) is 2. The summed E-state index contributed by atoms with van der Waals surface area (Å²) in [7, 11) is 0. The third-order valence-electron chi connectivity index (χ3n) is 7.39. The van der Waals surface area contributed by atoms with Gasteiger partial charge in [0, 0.05) is 12.5 Å². The van der Waals surface area contributed by atoms with Gasteiger partial charge in [0.05, 0.1) is 19.8 Å². The van der Waals surface area contributed by atoms with Crippen molar-refractivity contribution in [1.29, 1.82) is 0 Å². The van der Waals surface area contributed by atoms with Crippen molar-refractivity contribution in [3.05, 3.63) is 23.8 Å². The molecule has 3 heterocycles. The van der Waals surface area contributed by atoms with Gasteiger partial charge in [0.25, 0.3) is 11.8 Å². The van der Waals surface area contributed by atoms with Crippen LogP contribution in [-0.4, -0.2) is 59.6 Å². The summed E-state index contributed by atoms with van der Waals surface area (Å²) < 4.78 is 11.6. The first-order chi connectivity index (χ1) is 15.9. The van der Waals surface area contributed by atoms with Gasteiger partial charge in [-0.15, -0.1) is 0 Å². The van der Waals surface area contributed by atoms with Gasteiger partial charge in [0.1, 0.15) is 5.54 Å². The summed E-state index contributed by atoms with van der Waals surface area (Å²) in [6, 6.07) is 5.50. The molecule has 1 spiro atoms. The summed E-state index contributed by atoms with van der Waals surface area (Å²) in [4.78, 5) is 40.5. The van der Waals surface area contributed by atoms with E-state index in [0.717, 1.165) is 60.7 Å². The lowest BCUT2D eigenvalue weighted by Crippen LogP contribution is -2.52. The van der Waals surface area contributed by atoms with Crippen LogP contribution in [0.1, 0.15) is 63.5 Å². The maximum Gasteiger partial charge on any atom is 0.344 e. The number of fused-ring (bicyclic) bond motifs is 1. The highest BCUT2D eigenvalue weighted by molar-refractivity contribution is 6.08. The molecule has 0 unspecified atom stereocenters. The van der Waals surface area contributed by atoms with Gasteiger partial charge in [0.2, 0.25) is 0 Å². The van der Waals surface area contributed by atoms with Crippen LogP contribution < -0.4 is 20.2 Å². The van der Waals surface area contributed by atoms with Gasteiger partial charge >= 0.3 is 6.03 Å². The van der Waals surface area contributed by atoms with Gasteiger partial charge in [-0.2, -0.15) is 5.01 Å². The minimum absolute atomic E-state index is 0.0715. The van der Waals surface area contributed by atoms with E-state index in [-0.39, 0.29) is 24.4 Å². The molecule has 4 aliphatic rings. The van der Waals surface area contributed by atoms with Crippen LogP contribution in [-0.2, 0) is 9.59 Å². The fourth-order valence-corrected chi connectivity index (χ4v) is 5.44. The summed E-state index contributed by atoms with van der Waals surface area (Å²) >= 11 is 0. The average Bonchev–Trinajstić information content (AvgIpc) is 3.24. The number of hydrogen-bond donors (Lipinski definition) is 2. The summed E-state index contributed by atoms with van der Waals surface area (Å²) in [5, 5.41) is 3.73. The van der Waals surface area contributed by atoms with E-state index < -0.39 is 11.6 Å². The molecule has 1 aromatic rings. The molecule has 3 fully saturated rings. The Kier molecular flexibility index (Phi) is 5.90. The Morgan fingerprint density at radius 3 is 2.67 bits per heavy atom. The highest BCUT2D eigenvalue weighted by Gasteiger charge is 2.53. The Labute approximate surface area is 193 Å². The Hall–Kier alpha value is -2.81. The second-order valence-corrected chi connectivity index (χ2v) is 9.76. The molecule has 5 rings (SSSR count). The van der Waals surface area contributed by atoms with E-state index in [9.17, 15) is 14.4 Å². The number of likely N-dealkylation sites (tertiary alicyclic amines) is 1. The van der Waals surface area contributed by atoms with Crippen LogP contribution in [0, 0.1) is 5.92 Å². The molecule has 0 radical (unpaired) electrons. The standard InChI is InChI=1S/C24H32N4O5/c1-16-7-9-24(10-8-16)22(30)28(23(31)25-24)26-21(29)15-27-11-2-4-18(27)17-5-6-19-20(14-17)33-13-3-12-32-19/h5-6,14,16,18H,2-4,7-13,15H2,1H3,(H,25,31)(H,26,29)/t16?,18-,24?/m0/s1. The molecule has 1 aromatic carbocycles. The molecule has 9 nitrogen and oxygen atoms in total. The summed E-state index contributed by atoms with van der Waals surface area (Å²) in [5.41, 5.74) is 2.78. The normalized spacial score (nSPS) is 29.8. The van der Waals surface area contributed by atoms with E-state index in [4.69, 9.17) is 9.47 Å². The number of hydrazine groups is 1. The molecule has 0 bridgehead atoms. The van der Waals surface area contributed by atoms with Crippen molar-refractivity contribution in [2.45, 2.75) is 63.5 Å². The van der Waals surface area contributed by atoms with Crippen LogP contribution >= 0.6 is 0 Å². The molecule has 2 N–H and O–H groups in total. The molecule has 2 saturated heterocycles. The number of nitrogens with zero attached hydrogens (tertiary/aromatic N) is 2. The van der Waals surface area contributed by atoms with Gasteiger partial charge in [-0.1, -0.05) is 13.0 Å². The van der Waals surface area contributed by atoms with Crippen LogP contribution in [0.15, 0.2) is 18.2 Å². The van der Waals surface area contributed by atoms with Crippen molar-refractivity contribution >= 4 is 17.8 Å². The number of hydrogen-bond acceptors (Lipinski definition) is 6. The highest BCUT2D eigenvalue weighted by atomic mass is 16.5. The van der Waals surface area contributed by atoms with Gasteiger partial charge in [-0.3, -0.25) is 19.9 Å². The number of ether oxygens (including phenoxy) is 2. The lowest BCUT2D eigenvalue weighted by molar-refractivity contribution is -0.140. The van der Waals surface area contributed by atoms with E-state index >= 15 is 0 Å². The fraction of sp³-hybridized carbons (Fsp3) is 0.625. The molecule has 0 aromatic heterocycles. The second-order valence-electron chi connectivity index (χ2n) is 9.76. The molecule has 4 amide bonds. The van der Waals surface area contributed by atoms with Crippen molar-refractivity contribution in [2.75, 3.05) is 26.3 Å². The number of urea groups is 1. The molecular weight excluding hydrogens is 424 g/mol. The van der Waals surface area contributed by atoms with Crippen molar-refractivity contribution in [3.63, 3.8) is 0 Å². The number of imide groups is 1. The maximum atomic E-state index is 13.0. The molecule has 1 atom stereocenters. The van der Waals surface area contributed by atoms with Gasteiger partial charge in [-0.25, -0.2) is 4.79 Å². The van der Waals surface area contributed by atoms with Crippen LogP contribution in [0.5, 0.6) is 11.5 Å². The number of rotatable bonds is 4. The zero-order valence-electron chi connectivity index (χ0n) is 19.1.